The average Bonchev–Trinajstić information content (AvgIpc) is 3.23. The lowest BCUT2D eigenvalue weighted by atomic mass is 10.2. The summed E-state index contributed by atoms with van der Waals surface area (Å²) in [6.07, 6.45) is 3.28. The predicted molar refractivity (Wildman–Crippen MR) is 125 cm³/mol. The van der Waals surface area contributed by atoms with E-state index in [1.807, 2.05) is 31.2 Å². The molecule has 2 N–H and O–H groups in total. The molecule has 0 aliphatic rings. The number of halogens is 1. The smallest absolute Gasteiger partial charge is 0.261 e. The van der Waals surface area contributed by atoms with Crippen LogP contribution in [0.2, 0.25) is 5.02 Å². The molecule has 0 unspecified atom stereocenters. The molecule has 7 nitrogen and oxygen atoms in total. The average molecular weight is 467 g/mol. The van der Waals surface area contributed by atoms with Gasteiger partial charge in [-0.1, -0.05) is 29.3 Å². The quantitative estimate of drug-likeness (QED) is 0.423. The molecule has 0 fully saturated rings. The number of benzene rings is 3. The van der Waals surface area contributed by atoms with Gasteiger partial charge in [0.1, 0.15) is 0 Å². The molecule has 0 saturated heterocycles. The highest BCUT2D eigenvalue weighted by Crippen LogP contribution is 2.19. The zero-order chi connectivity index (χ0) is 22.7. The van der Waals surface area contributed by atoms with Crippen molar-refractivity contribution >= 4 is 38.9 Å². The number of nitrogens with zero attached hydrogens (tertiary/aromatic N) is 2. The third kappa shape index (κ3) is 4.99. The highest BCUT2D eigenvalue weighted by molar-refractivity contribution is 7.92. The van der Waals surface area contributed by atoms with E-state index in [0.717, 1.165) is 11.3 Å². The van der Waals surface area contributed by atoms with Gasteiger partial charge in [0, 0.05) is 16.3 Å². The van der Waals surface area contributed by atoms with Gasteiger partial charge in [-0.05, 0) is 67.6 Å². The molecule has 0 radical (unpaired) electrons. The van der Waals surface area contributed by atoms with Crippen LogP contribution in [0.1, 0.15) is 15.9 Å². The van der Waals surface area contributed by atoms with Gasteiger partial charge in [-0.15, -0.1) is 0 Å². The van der Waals surface area contributed by atoms with E-state index < -0.39 is 10.0 Å². The number of hydrogen-bond acceptors (Lipinski definition) is 4. The Labute approximate surface area is 190 Å². The second-order valence-corrected chi connectivity index (χ2v) is 9.22. The van der Waals surface area contributed by atoms with Crippen LogP contribution in [0, 0.1) is 6.92 Å². The van der Waals surface area contributed by atoms with Crippen molar-refractivity contribution in [1.29, 1.82) is 0 Å². The zero-order valence-electron chi connectivity index (χ0n) is 17.0. The molecule has 9 heteroatoms. The van der Waals surface area contributed by atoms with Gasteiger partial charge < -0.3 is 5.32 Å². The Morgan fingerprint density at radius 3 is 2.22 bits per heavy atom. The zero-order valence-corrected chi connectivity index (χ0v) is 18.6. The van der Waals surface area contributed by atoms with E-state index in [0.29, 0.717) is 22.0 Å². The van der Waals surface area contributed by atoms with Crippen molar-refractivity contribution in [1.82, 2.24) is 9.78 Å². The Morgan fingerprint density at radius 1 is 0.906 bits per heavy atom. The molecule has 4 aromatic rings. The minimum Gasteiger partial charge on any atom is -0.319 e. The molecule has 3 aromatic carbocycles. The maximum absolute atomic E-state index is 12.6. The molecule has 0 aliphatic heterocycles. The summed E-state index contributed by atoms with van der Waals surface area (Å²) < 4.78 is 29.1. The number of aryl methyl sites for hydroxylation is 1. The maximum Gasteiger partial charge on any atom is 0.261 e. The number of rotatable bonds is 6. The van der Waals surface area contributed by atoms with E-state index in [9.17, 15) is 13.2 Å². The molecule has 0 spiro atoms. The number of amides is 1. The number of nitrogens with one attached hydrogen (secondary N) is 2. The maximum atomic E-state index is 12.6. The predicted octanol–water partition coefficient (Wildman–Crippen LogP) is 4.89. The summed E-state index contributed by atoms with van der Waals surface area (Å²) in [5, 5.41) is 7.50. The molecule has 0 bridgehead atoms. The summed E-state index contributed by atoms with van der Waals surface area (Å²) in [6.45, 7) is 2.01. The van der Waals surface area contributed by atoms with E-state index in [1.165, 1.54) is 36.4 Å². The fraction of sp³-hybridized carbons (Fsp3) is 0.0435. The van der Waals surface area contributed by atoms with Crippen molar-refractivity contribution in [2.24, 2.45) is 0 Å². The molecule has 32 heavy (non-hydrogen) atoms. The number of hydrogen-bond donors (Lipinski definition) is 2. The normalized spacial score (nSPS) is 11.2. The van der Waals surface area contributed by atoms with Crippen LogP contribution < -0.4 is 10.0 Å². The highest BCUT2D eigenvalue weighted by Gasteiger charge is 2.15. The van der Waals surface area contributed by atoms with Crippen LogP contribution >= 0.6 is 11.6 Å². The van der Waals surface area contributed by atoms with Crippen LogP contribution in [-0.2, 0) is 10.0 Å². The van der Waals surface area contributed by atoms with Gasteiger partial charge in [-0.2, -0.15) is 5.10 Å². The minimum absolute atomic E-state index is 0.0920. The molecule has 1 aromatic heterocycles. The van der Waals surface area contributed by atoms with E-state index in [1.54, 1.807) is 29.2 Å². The first-order valence-corrected chi connectivity index (χ1v) is 11.5. The number of sulfonamides is 1. The number of aromatic nitrogens is 2. The van der Waals surface area contributed by atoms with Gasteiger partial charge >= 0.3 is 0 Å². The second-order valence-electron chi connectivity index (χ2n) is 7.10. The minimum atomic E-state index is -3.76. The third-order valence-electron chi connectivity index (χ3n) is 4.66. The Kier molecular flexibility index (Phi) is 5.98. The van der Waals surface area contributed by atoms with E-state index >= 15 is 0 Å². The van der Waals surface area contributed by atoms with Crippen LogP contribution in [0.4, 0.5) is 11.4 Å². The van der Waals surface area contributed by atoms with E-state index in [-0.39, 0.29) is 10.8 Å². The van der Waals surface area contributed by atoms with E-state index in [4.69, 9.17) is 11.6 Å². The van der Waals surface area contributed by atoms with E-state index in [2.05, 4.69) is 15.1 Å². The number of anilines is 2. The Morgan fingerprint density at radius 2 is 1.56 bits per heavy atom. The van der Waals surface area contributed by atoms with Crippen molar-refractivity contribution in [3.05, 3.63) is 101 Å². The molecule has 1 heterocycles. The molecule has 4 rings (SSSR count). The highest BCUT2D eigenvalue weighted by atomic mass is 35.5. The molecule has 1 amide bonds. The van der Waals surface area contributed by atoms with Gasteiger partial charge in [0.05, 0.1) is 28.7 Å². The molecule has 162 valence electrons. The topological polar surface area (TPSA) is 93.1 Å². The lowest BCUT2D eigenvalue weighted by Crippen LogP contribution is -2.14. The summed E-state index contributed by atoms with van der Waals surface area (Å²) in [7, 11) is -3.76. The molecular formula is C23H19ClN4O3S. The van der Waals surface area contributed by atoms with Crippen molar-refractivity contribution < 1.29 is 13.2 Å². The van der Waals surface area contributed by atoms with Crippen LogP contribution in [-0.4, -0.2) is 24.1 Å². The van der Waals surface area contributed by atoms with Gasteiger partial charge in [-0.25, -0.2) is 13.1 Å². The summed E-state index contributed by atoms with van der Waals surface area (Å²) >= 11 is 5.81. The van der Waals surface area contributed by atoms with Crippen molar-refractivity contribution in [3.8, 4) is 5.69 Å². The van der Waals surface area contributed by atoms with Gasteiger partial charge in [0.15, 0.2) is 0 Å². The van der Waals surface area contributed by atoms with Crippen LogP contribution in [0.5, 0.6) is 0 Å². The fourth-order valence-electron chi connectivity index (χ4n) is 2.95. The van der Waals surface area contributed by atoms with Crippen LogP contribution in [0.3, 0.4) is 0 Å². The first-order chi connectivity index (χ1) is 15.3. The Balaban J connectivity index is 1.42. The van der Waals surface area contributed by atoms with Crippen LogP contribution in [0.25, 0.3) is 5.69 Å². The summed E-state index contributed by atoms with van der Waals surface area (Å²) in [4.78, 5) is 12.6. The molecule has 0 saturated carbocycles. The van der Waals surface area contributed by atoms with Crippen molar-refractivity contribution in [2.75, 3.05) is 10.0 Å². The first-order valence-electron chi connectivity index (χ1n) is 9.62. The summed E-state index contributed by atoms with van der Waals surface area (Å²) in [5.41, 5.74) is 3.29. The lowest BCUT2D eigenvalue weighted by molar-refractivity contribution is 0.102. The fourth-order valence-corrected chi connectivity index (χ4v) is 4.13. The molecular weight excluding hydrogens is 448 g/mol. The van der Waals surface area contributed by atoms with Gasteiger partial charge in [0.25, 0.3) is 15.9 Å². The third-order valence-corrected chi connectivity index (χ3v) is 6.31. The van der Waals surface area contributed by atoms with Gasteiger partial charge in [0.2, 0.25) is 0 Å². The monoisotopic (exact) mass is 466 g/mol. The van der Waals surface area contributed by atoms with Crippen molar-refractivity contribution in [3.63, 3.8) is 0 Å². The molecule has 0 aliphatic carbocycles. The number of carbonyl (C=O) groups is 1. The lowest BCUT2D eigenvalue weighted by Gasteiger charge is -2.09. The summed E-state index contributed by atoms with van der Waals surface area (Å²) in [5.74, 6) is -0.333. The van der Waals surface area contributed by atoms with Crippen molar-refractivity contribution in [2.45, 2.75) is 11.8 Å². The van der Waals surface area contributed by atoms with Crippen LogP contribution in [0.15, 0.2) is 90.1 Å². The molecule has 0 atom stereocenters. The number of carbonyl (C=O) groups excluding carboxylic acids is 1. The van der Waals surface area contributed by atoms with Gasteiger partial charge in [-0.3, -0.25) is 9.52 Å². The SMILES string of the molecule is Cc1ccc(-n2cc(NC(=O)c3ccc(NS(=O)(=O)c4ccc(Cl)cc4)cc3)cn2)cc1. The standard InChI is InChI=1S/C23H19ClN4O3S/c1-16-2-10-21(11-3-16)28-15-20(14-25-28)26-23(29)17-4-8-19(9-5-17)27-32(30,31)22-12-6-18(24)7-13-22/h2-15,27H,1H3,(H,26,29). The first kappa shape index (κ1) is 21.6. The second kappa shape index (κ2) is 8.86. The Bertz CT molecular complexity index is 1350. The largest absolute Gasteiger partial charge is 0.319 e. The Hall–Kier alpha value is -3.62. The summed E-state index contributed by atoms with van der Waals surface area (Å²) in [6, 6.07) is 19.8.